The van der Waals surface area contributed by atoms with Crippen LogP contribution >= 0.6 is 15.6 Å². The predicted octanol–water partition coefficient (Wildman–Crippen LogP) is 0.000800. The van der Waals surface area contributed by atoms with Gasteiger partial charge in [0.2, 0.25) is 5.95 Å². The number of ether oxygens (including phenoxy) is 1. The third-order valence-electron chi connectivity index (χ3n) is 4.33. The van der Waals surface area contributed by atoms with Crippen LogP contribution in [0, 0.1) is 5.92 Å². The highest BCUT2D eigenvalue weighted by molar-refractivity contribution is 7.61. The van der Waals surface area contributed by atoms with Gasteiger partial charge in [0.05, 0.1) is 25.6 Å². The molecule has 0 aliphatic carbocycles. The molecule has 2 unspecified atom stereocenters. The summed E-state index contributed by atoms with van der Waals surface area (Å²) in [5.74, 6) is -0.433. The van der Waals surface area contributed by atoms with E-state index in [9.17, 15) is 23.7 Å². The number of aromatic nitrogens is 4. The second-order valence-corrected chi connectivity index (χ2v) is 9.52. The molecule has 15 nitrogen and oxygen atoms in total. The minimum Gasteiger partial charge on any atom is -0.369 e. The number of aromatic amines is 1. The zero-order valence-electron chi connectivity index (χ0n) is 16.1. The van der Waals surface area contributed by atoms with Crippen LogP contribution in [0.4, 0.5) is 5.95 Å². The number of nitrogens with one attached hydrogen (secondary N) is 1. The smallest absolute Gasteiger partial charge is 0.369 e. The van der Waals surface area contributed by atoms with E-state index in [0.717, 1.165) is 0 Å². The SMILES string of the molecule is C=C[C@H]1C[C@H](n2cnc3c(=O)[nH]c(N)nc32)O[C@@H]1COP(=O)(O)OP(=O)(O)OCCN. The van der Waals surface area contributed by atoms with Gasteiger partial charge in [-0.15, -0.1) is 6.58 Å². The summed E-state index contributed by atoms with van der Waals surface area (Å²) in [6.07, 6.45) is 1.84. The van der Waals surface area contributed by atoms with Crippen molar-refractivity contribution in [1.82, 2.24) is 19.5 Å². The fourth-order valence-electron chi connectivity index (χ4n) is 3.00. The van der Waals surface area contributed by atoms with Crippen LogP contribution in [-0.4, -0.2) is 55.2 Å². The van der Waals surface area contributed by atoms with Gasteiger partial charge < -0.3 is 26.0 Å². The van der Waals surface area contributed by atoms with Gasteiger partial charge in [0.1, 0.15) is 6.23 Å². The molecule has 3 heterocycles. The molecule has 0 bridgehead atoms. The molecule has 0 spiro atoms. The van der Waals surface area contributed by atoms with Gasteiger partial charge in [0, 0.05) is 18.9 Å². The number of imidazole rings is 1. The first-order chi connectivity index (χ1) is 14.5. The standard InChI is InChI=1S/C14H22N6O9P2/c1-2-8-5-10(20-7-17-11-12(20)18-14(16)19-13(11)21)28-9(8)6-27-31(24,25)29-30(22,23)26-4-3-15/h2,7-10H,1,3-6,15H2,(H,22,23)(H,24,25)(H3,16,18,19,21)/t8-,9+,10+/m0/s1. The van der Waals surface area contributed by atoms with Crippen LogP contribution in [0.5, 0.6) is 0 Å². The summed E-state index contributed by atoms with van der Waals surface area (Å²) in [5.41, 5.74) is 10.5. The zero-order valence-corrected chi connectivity index (χ0v) is 17.9. The van der Waals surface area contributed by atoms with E-state index in [-0.39, 0.29) is 36.2 Å². The molecular formula is C14H22N6O9P2. The summed E-state index contributed by atoms with van der Waals surface area (Å²) in [6.45, 7) is 2.77. The number of phosphoric ester groups is 2. The molecule has 2 aromatic rings. The lowest BCUT2D eigenvalue weighted by molar-refractivity contribution is -0.0255. The van der Waals surface area contributed by atoms with E-state index in [1.165, 1.54) is 10.9 Å². The van der Waals surface area contributed by atoms with E-state index >= 15 is 0 Å². The lowest BCUT2D eigenvalue weighted by Crippen LogP contribution is -2.21. The number of rotatable bonds is 10. The number of phosphoric acid groups is 2. The van der Waals surface area contributed by atoms with Crippen LogP contribution in [0.25, 0.3) is 11.2 Å². The van der Waals surface area contributed by atoms with Gasteiger partial charge in [0.25, 0.3) is 5.56 Å². The van der Waals surface area contributed by atoms with Crippen LogP contribution in [0.3, 0.4) is 0 Å². The maximum absolute atomic E-state index is 12.0. The van der Waals surface area contributed by atoms with Gasteiger partial charge in [-0.3, -0.25) is 23.4 Å². The zero-order chi connectivity index (χ0) is 22.8. The highest BCUT2D eigenvalue weighted by Gasteiger charge is 2.40. The van der Waals surface area contributed by atoms with Gasteiger partial charge in [-0.05, 0) is 0 Å². The lowest BCUT2D eigenvalue weighted by Gasteiger charge is -2.20. The highest BCUT2D eigenvalue weighted by Crippen LogP contribution is 2.60. The molecule has 172 valence electrons. The van der Waals surface area contributed by atoms with Crippen LogP contribution in [0.1, 0.15) is 12.6 Å². The molecule has 2 aromatic heterocycles. The minimum atomic E-state index is -4.96. The van der Waals surface area contributed by atoms with Crippen molar-refractivity contribution < 1.29 is 37.0 Å². The average Bonchev–Trinajstić information content (AvgIpc) is 3.27. The highest BCUT2D eigenvalue weighted by atomic mass is 31.3. The maximum atomic E-state index is 12.0. The Bertz CT molecular complexity index is 1100. The molecule has 1 fully saturated rings. The first kappa shape index (κ1) is 23.7. The lowest BCUT2D eigenvalue weighted by atomic mass is 10.0. The number of nitrogen functional groups attached to an aromatic ring is 1. The molecule has 3 rings (SSSR count). The van der Waals surface area contributed by atoms with Crippen LogP contribution in [0.15, 0.2) is 23.8 Å². The summed E-state index contributed by atoms with van der Waals surface area (Å²) >= 11 is 0. The Labute approximate surface area is 175 Å². The molecule has 0 saturated carbocycles. The molecule has 0 aromatic carbocycles. The fraction of sp³-hybridized carbons (Fsp3) is 0.500. The molecule has 1 aliphatic heterocycles. The van der Waals surface area contributed by atoms with E-state index in [2.05, 4.69) is 30.4 Å². The minimum absolute atomic E-state index is 0.0667. The van der Waals surface area contributed by atoms with Crippen LogP contribution < -0.4 is 17.0 Å². The summed E-state index contributed by atoms with van der Waals surface area (Å²) < 4.78 is 44.4. The molecular weight excluding hydrogens is 458 g/mol. The van der Waals surface area contributed by atoms with E-state index in [1.807, 2.05) is 0 Å². The Kier molecular flexibility index (Phi) is 7.11. The Morgan fingerprint density at radius 1 is 1.39 bits per heavy atom. The largest absolute Gasteiger partial charge is 0.481 e. The van der Waals surface area contributed by atoms with Crippen molar-refractivity contribution in [3.8, 4) is 0 Å². The number of anilines is 1. The predicted molar refractivity (Wildman–Crippen MR) is 106 cm³/mol. The molecule has 1 saturated heterocycles. The van der Waals surface area contributed by atoms with E-state index in [4.69, 9.17) is 20.7 Å². The van der Waals surface area contributed by atoms with Crippen molar-refractivity contribution in [3.63, 3.8) is 0 Å². The normalized spacial score (nSPS) is 25.3. The third-order valence-corrected chi connectivity index (χ3v) is 6.96. The molecule has 7 N–H and O–H groups in total. The number of nitrogens with zero attached hydrogens (tertiary/aromatic N) is 3. The van der Waals surface area contributed by atoms with Crippen molar-refractivity contribution >= 4 is 32.8 Å². The molecule has 31 heavy (non-hydrogen) atoms. The van der Waals surface area contributed by atoms with E-state index in [1.54, 1.807) is 6.08 Å². The number of fused-ring (bicyclic) bond motifs is 1. The number of hydrogen-bond donors (Lipinski definition) is 5. The molecule has 5 atom stereocenters. The second kappa shape index (κ2) is 9.28. The van der Waals surface area contributed by atoms with Gasteiger partial charge in [0.15, 0.2) is 11.2 Å². The van der Waals surface area contributed by atoms with Gasteiger partial charge in [-0.25, -0.2) is 14.1 Å². The van der Waals surface area contributed by atoms with Gasteiger partial charge in [-0.2, -0.15) is 9.29 Å². The first-order valence-electron chi connectivity index (χ1n) is 8.91. The molecule has 1 aliphatic rings. The molecule has 17 heteroatoms. The van der Waals surface area contributed by atoms with Crippen LogP contribution in [0.2, 0.25) is 0 Å². The molecule has 0 radical (unpaired) electrons. The summed E-state index contributed by atoms with van der Waals surface area (Å²) in [4.78, 5) is 41.5. The number of nitrogens with two attached hydrogens (primary N) is 2. The summed E-state index contributed by atoms with van der Waals surface area (Å²) in [5, 5.41) is 0. The first-order valence-corrected chi connectivity index (χ1v) is 11.9. The van der Waals surface area contributed by atoms with Gasteiger partial charge >= 0.3 is 15.6 Å². The summed E-state index contributed by atoms with van der Waals surface area (Å²) in [6, 6.07) is 0. The Morgan fingerprint density at radius 2 is 2.10 bits per heavy atom. The van der Waals surface area contributed by atoms with Crippen molar-refractivity contribution in [3.05, 3.63) is 29.3 Å². The quantitative estimate of drug-likeness (QED) is 0.223. The van der Waals surface area contributed by atoms with Crippen molar-refractivity contribution in [2.45, 2.75) is 18.8 Å². The monoisotopic (exact) mass is 480 g/mol. The number of H-pyrrole nitrogens is 1. The van der Waals surface area contributed by atoms with E-state index in [0.29, 0.717) is 6.42 Å². The van der Waals surface area contributed by atoms with Crippen molar-refractivity contribution in [2.75, 3.05) is 25.5 Å². The fourth-order valence-corrected chi connectivity index (χ4v) is 5.09. The molecule has 0 amide bonds. The van der Waals surface area contributed by atoms with Crippen molar-refractivity contribution in [2.24, 2.45) is 11.7 Å². The van der Waals surface area contributed by atoms with Crippen LogP contribution in [-0.2, 0) is 27.2 Å². The topological polar surface area (TPSA) is 227 Å². The van der Waals surface area contributed by atoms with Gasteiger partial charge in [-0.1, -0.05) is 6.08 Å². The average molecular weight is 480 g/mol. The number of hydrogen-bond acceptors (Lipinski definition) is 11. The summed E-state index contributed by atoms with van der Waals surface area (Å²) in [7, 11) is -9.81. The second-order valence-electron chi connectivity index (χ2n) is 6.48. The third kappa shape index (κ3) is 5.66. The van der Waals surface area contributed by atoms with E-state index < -0.39 is 40.1 Å². The Hall–Kier alpha value is -1.93. The van der Waals surface area contributed by atoms with Crippen molar-refractivity contribution in [1.29, 1.82) is 0 Å². The Morgan fingerprint density at radius 3 is 2.77 bits per heavy atom. The maximum Gasteiger partial charge on any atom is 0.481 e. The Balaban J connectivity index is 1.70.